The summed E-state index contributed by atoms with van der Waals surface area (Å²) in [4.78, 5) is 8.55. The maximum Gasteiger partial charge on any atom is 0.246 e. The van der Waals surface area contributed by atoms with E-state index in [0.29, 0.717) is 11.8 Å². The van der Waals surface area contributed by atoms with E-state index in [1.165, 1.54) is 5.56 Å². The number of anilines is 2. The highest BCUT2D eigenvalue weighted by Gasteiger charge is 2.10. The van der Waals surface area contributed by atoms with Crippen molar-refractivity contribution in [1.82, 2.24) is 20.2 Å². The molecule has 0 radical (unpaired) electrons. The number of benzene rings is 2. The third-order valence-corrected chi connectivity index (χ3v) is 4.10. The first-order valence-electron chi connectivity index (χ1n) is 8.62. The molecule has 27 heavy (non-hydrogen) atoms. The van der Waals surface area contributed by atoms with Gasteiger partial charge in [-0.05, 0) is 55.3 Å². The van der Waals surface area contributed by atoms with E-state index in [9.17, 15) is 0 Å². The quantitative estimate of drug-likeness (QED) is 0.524. The minimum absolute atomic E-state index is 0.521. The molecule has 0 fully saturated rings. The molecule has 2 aromatic heterocycles. The van der Waals surface area contributed by atoms with Crippen molar-refractivity contribution in [3.63, 3.8) is 0 Å². The molecule has 4 aromatic rings. The molecule has 0 saturated carbocycles. The second-order valence-corrected chi connectivity index (χ2v) is 6.27. The van der Waals surface area contributed by atoms with Crippen LogP contribution in [-0.2, 0) is 0 Å². The Morgan fingerprint density at radius 1 is 0.963 bits per heavy atom. The summed E-state index contributed by atoms with van der Waals surface area (Å²) in [6.07, 6.45) is 3.41. The third kappa shape index (κ3) is 3.95. The summed E-state index contributed by atoms with van der Waals surface area (Å²) in [5, 5.41) is 10.4. The average Bonchev–Trinajstić information content (AvgIpc) is 3.13. The fraction of sp³-hybridized carbons (Fsp3) is 0.0952. The topological polar surface area (TPSA) is 75.7 Å². The molecule has 0 amide bonds. The molecule has 0 aliphatic rings. The first kappa shape index (κ1) is 16.8. The van der Waals surface area contributed by atoms with Crippen LogP contribution in [0.2, 0.25) is 0 Å². The van der Waals surface area contributed by atoms with Crippen molar-refractivity contribution in [2.45, 2.75) is 13.8 Å². The van der Waals surface area contributed by atoms with Crippen LogP contribution in [0.25, 0.3) is 11.4 Å². The Hall–Kier alpha value is -3.67. The van der Waals surface area contributed by atoms with Crippen LogP contribution in [0.1, 0.15) is 11.1 Å². The summed E-state index contributed by atoms with van der Waals surface area (Å²) in [5.74, 6) is 2.70. The zero-order valence-corrected chi connectivity index (χ0v) is 15.1. The van der Waals surface area contributed by atoms with Crippen LogP contribution >= 0.6 is 0 Å². The number of aryl methyl sites for hydroxylation is 2. The lowest BCUT2D eigenvalue weighted by molar-refractivity contribution is 0.478. The van der Waals surface area contributed by atoms with Crippen LogP contribution < -0.4 is 10.1 Å². The smallest absolute Gasteiger partial charge is 0.246 e. The average molecular weight is 357 g/mol. The van der Waals surface area contributed by atoms with Crippen molar-refractivity contribution < 1.29 is 4.74 Å². The number of rotatable bonds is 5. The van der Waals surface area contributed by atoms with Gasteiger partial charge in [-0.1, -0.05) is 24.3 Å². The Bertz CT molecular complexity index is 1060. The lowest BCUT2D eigenvalue weighted by atomic mass is 10.1. The number of pyridine rings is 1. The van der Waals surface area contributed by atoms with Crippen molar-refractivity contribution in [3.8, 4) is 22.9 Å². The summed E-state index contributed by atoms with van der Waals surface area (Å²) < 4.78 is 5.97. The number of aromatic nitrogens is 4. The molecule has 2 heterocycles. The summed E-state index contributed by atoms with van der Waals surface area (Å²) in [7, 11) is 0. The van der Waals surface area contributed by atoms with Crippen molar-refractivity contribution in [3.05, 3.63) is 78.1 Å². The summed E-state index contributed by atoms with van der Waals surface area (Å²) in [5.41, 5.74) is 4.06. The monoisotopic (exact) mass is 357 g/mol. The number of hydrogen-bond donors (Lipinski definition) is 2. The maximum atomic E-state index is 5.97. The van der Waals surface area contributed by atoms with E-state index >= 15 is 0 Å². The highest BCUT2D eigenvalue weighted by Crippen LogP contribution is 2.29. The van der Waals surface area contributed by atoms with Gasteiger partial charge in [-0.25, -0.2) is 0 Å². The summed E-state index contributed by atoms with van der Waals surface area (Å²) >= 11 is 0. The largest absolute Gasteiger partial charge is 0.457 e. The molecule has 0 atom stereocenters. The molecule has 6 nitrogen and oxygen atoms in total. The van der Waals surface area contributed by atoms with Crippen LogP contribution in [-0.4, -0.2) is 20.2 Å². The Balaban J connectivity index is 1.57. The van der Waals surface area contributed by atoms with Crippen LogP contribution in [0.4, 0.5) is 11.6 Å². The molecule has 0 aliphatic carbocycles. The highest BCUT2D eigenvalue weighted by molar-refractivity contribution is 5.62. The van der Waals surface area contributed by atoms with Gasteiger partial charge < -0.3 is 10.1 Å². The van der Waals surface area contributed by atoms with Crippen LogP contribution in [0, 0.1) is 13.8 Å². The minimum atomic E-state index is 0.521. The van der Waals surface area contributed by atoms with Gasteiger partial charge in [0.1, 0.15) is 11.5 Å². The maximum absolute atomic E-state index is 5.97. The zero-order valence-electron chi connectivity index (χ0n) is 15.1. The first-order chi connectivity index (χ1) is 13.2. The fourth-order valence-electron chi connectivity index (χ4n) is 2.69. The van der Waals surface area contributed by atoms with Gasteiger partial charge in [0.25, 0.3) is 0 Å². The Labute approximate surface area is 157 Å². The van der Waals surface area contributed by atoms with Crippen molar-refractivity contribution >= 4 is 11.6 Å². The second kappa shape index (κ2) is 7.29. The standard InChI is InChI=1S/C21H19N5O/c1-14-4-3-5-17(12-14)23-21-24-20(25-26-21)16-7-6-15(2)19(13-16)27-18-8-10-22-11-9-18/h3-13H,1-2H3,(H2,23,24,25,26). The number of hydrogen-bond acceptors (Lipinski definition) is 5. The molecule has 0 spiro atoms. The number of nitrogens with one attached hydrogen (secondary N) is 2. The number of aromatic amines is 1. The molecule has 0 bridgehead atoms. The molecule has 134 valence electrons. The van der Waals surface area contributed by atoms with Gasteiger partial charge in [-0.3, -0.25) is 10.1 Å². The number of H-pyrrole nitrogens is 1. The van der Waals surface area contributed by atoms with Crippen LogP contribution in [0.5, 0.6) is 11.5 Å². The van der Waals surface area contributed by atoms with Crippen molar-refractivity contribution in [1.29, 1.82) is 0 Å². The predicted octanol–water partition coefficient (Wildman–Crippen LogP) is 5.02. The van der Waals surface area contributed by atoms with Gasteiger partial charge >= 0.3 is 0 Å². The molecule has 2 N–H and O–H groups in total. The van der Waals surface area contributed by atoms with Gasteiger partial charge in [-0.15, -0.1) is 5.10 Å². The minimum Gasteiger partial charge on any atom is -0.457 e. The molecular weight excluding hydrogens is 338 g/mol. The molecule has 0 aliphatic heterocycles. The summed E-state index contributed by atoms with van der Waals surface area (Å²) in [6, 6.07) is 17.7. The zero-order chi connectivity index (χ0) is 18.6. The molecule has 0 unspecified atom stereocenters. The number of ether oxygens (including phenoxy) is 1. The molecule has 2 aromatic carbocycles. The van der Waals surface area contributed by atoms with E-state index in [1.54, 1.807) is 12.4 Å². The van der Waals surface area contributed by atoms with Crippen LogP contribution in [0.3, 0.4) is 0 Å². The third-order valence-electron chi connectivity index (χ3n) is 4.10. The number of nitrogens with zero attached hydrogens (tertiary/aromatic N) is 3. The first-order valence-corrected chi connectivity index (χ1v) is 8.62. The fourth-order valence-corrected chi connectivity index (χ4v) is 2.69. The highest BCUT2D eigenvalue weighted by atomic mass is 16.5. The van der Waals surface area contributed by atoms with E-state index in [0.717, 1.165) is 28.3 Å². The van der Waals surface area contributed by atoms with Gasteiger partial charge in [0.05, 0.1) is 0 Å². The predicted molar refractivity (Wildman–Crippen MR) is 105 cm³/mol. The molecular formula is C21H19N5O. The Morgan fingerprint density at radius 2 is 1.81 bits per heavy atom. The van der Waals surface area contributed by atoms with Gasteiger partial charge in [0, 0.05) is 23.6 Å². The van der Waals surface area contributed by atoms with E-state index < -0.39 is 0 Å². The Kier molecular flexibility index (Phi) is 4.53. The molecule has 6 heteroatoms. The molecule has 4 rings (SSSR count). The van der Waals surface area contributed by atoms with Crippen molar-refractivity contribution in [2.75, 3.05) is 5.32 Å². The lowest BCUT2D eigenvalue weighted by Crippen LogP contribution is -1.92. The second-order valence-electron chi connectivity index (χ2n) is 6.27. The van der Waals surface area contributed by atoms with Crippen molar-refractivity contribution in [2.24, 2.45) is 0 Å². The van der Waals surface area contributed by atoms with E-state index in [1.807, 2.05) is 68.4 Å². The normalized spacial score (nSPS) is 10.6. The van der Waals surface area contributed by atoms with Gasteiger partial charge in [0.2, 0.25) is 5.95 Å². The van der Waals surface area contributed by atoms with Crippen LogP contribution in [0.15, 0.2) is 67.0 Å². The van der Waals surface area contributed by atoms with Gasteiger partial charge in [0.15, 0.2) is 5.82 Å². The lowest BCUT2D eigenvalue weighted by Gasteiger charge is -2.09. The molecule has 0 saturated heterocycles. The van der Waals surface area contributed by atoms with E-state index in [2.05, 4.69) is 25.5 Å². The SMILES string of the molecule is Cc1cccc(Nc2n[nH]c(-c3ccc(C)c(Oc4ccncc4)c3)n2)c1. The van der Waals surface area contributed by atoms with Gasteiger partial charge in [-0.2, -0.15) is 4.98 Å². The van der Waals surface area contributed by atoms with E-state index in [4.69, 9.17) is 4.74 Å². The summed E-state index contributed by atoms with van der Waals surface area (Å²) in [6.45, 7) is 4.05. The Morgan fingerprint density at radius 3 is 2.63 bits per heavy atom. The van der Waals surface area contributed by atoms with E-state index in [-0.39, 0.29) is 0 Å².